The molecule has 0 spiro atoms. The van der Waals surface area contributed by atoms with Gasteiger partial charge in [0.15, 0.2) is 11.6 Å². The lowest BCUT2D eigenvalue weighted by Gasteiger charge is -2.17. The van der Waals surface area contributed by atoms with E-state index in [1.807, 2.05) is 103 Å². The fourth-order valence-corrected chi connectivity index (χ4v) is 4.66. The number of carbonyl (C=O) groups excluding carboxylic acids is 2. The highest BCUT2D eigenvalue weighted by Crippen LogP contribution is 2.22. The second kappa shape index (κ2) is 10.8. The van der Waals surface area contributed by atoms with E-state index in [1.54, 1.807) is 0 Å². The predicted molar refractivity (Wildman–Crippen MR) is 147 cm³/mol. The number of rotatable bonds is 9. The normalized spacial score (nSPS) is 15.1. The Balaban J connectivity index is 1.14. The number of benzene rings is 3. The molecule has 37 heavy (non-hydrogen) atoms. The minimum Gasteiger partial charge on any atom is -0.391 e. The highest BCUT2D eigenvalue weighted by molar-refractivity contribution is 5.98. The lowest BCUT2D eigenvalue weighted by Crippen LogP contribution is -2.21. The maximum atomic E-state index is 12.8. The summed E-state index contributed by atoms with van der Waals surface area (Å²) in [5.74, 6) is 0.183. The highest BCUT2D eigenvalue weighted by Gasteiger charge is 2.20. The molecule has 1 aliphatic rings. The van der Waals surface area contributed by atoms with Gasteiger partial charge in [-0.15, -0.1) is 0 Å². The van der Waals surface area contributed by atoms with Gasteiger partial charge < -0.3 is 19.9 Å². The summed E-state index contributed by atoms with van der Waals surface area (Å²) >= 11 is 0. The summed E-state index contributed by atoms with van der Waals surface area (Å²) in [4.78, 5) is 27.3. The smallest absolute Gasteiger partial charge is 0.168 e. The first-order valence-electron chi connectivity index (χ1n) is 12.6. The molecule has 1 saturated heterocycles. The lowest BCUT2D eigenvalue weighted by molar-refractivity contribution is 0.0985. The van der Waals surface area contributed by atoms with Crippen LogP contribution < -0.4 is 10.2 Å². The fraction of sp³-hybridized carbons (Fsp3) is 0.226. The zero-order valence-electron chi connectivity index (χ0n) is 20.9. The van der Waals surface area contributed by atoms with Gasteiger partial charge in [-0.05, 0) is 72.1 Å². The van der Waals surface area contributed by atoms with Crippen molar-refractivity contribution in [2.75, 3.05) is 23.3 Å². The molecular formula is C31H31N3O3. The molecule has 1 fully saturated rings. The monoisotopic (exact) mass is 493 g/mol. The first-order chi connectivity index (χ1) is 17.9. The van der Waals surface area contributed by atoms with Crippen molar-refractivity contribution in [3.8, 4) is 0 Å². The van der Waals surface area contributed by atoms with Gasteiger partial charge in [-0.1, -0.05) is 24.3 Å². The van der Waals surface area contributed by atoms with Crippen LogP contribution in [0, 0.1) is 0 Å². The van der Waals surface area contributed by atoms with Crippen LogP contribution in [0.25, 0.3) is 0 Å². The van der Waals surface area contributed by atoms with E-state index in [0.717, 1.165) is 46.7 Å². The van der Waals surface area contributed by atoms with Crippen LogP contribution in [0.4, 0.5) is 17.1 Å². The number of aromatic nitrogens is 1. The number of carbonyl (C=O) groups is 2. The first kappa shape index (κ1) is 24.5. The van der Waals surface area contributed by atoms with Gasteiger partial charge in [-0.25, -0.2) is 0 Å². The molecule has 0 radical (unpaired) electrons. The Labute approximate surface area is 217 Å². The van der Waals surface area contributed by atoms with Crippen molar-refractivity contribution in [2.24, 2.45) is 7.05 Å². The van der Waals surface area contributed by atoms with Crippen molar-refractivity contribution in [1.82, 2.24) is 4.57 Å². The van der Waals surface area contributed by atoms with Gasteiger partial charge in [0.05, 0.1) is 6.10 Å². The molecule has 2 heterocycles. The van der Waals surface area contributed by atoms with Gasteiger partial charge in [-0.2, -0.15) is 0 Å². The molecule has 2 N–H and O–H groups in total. The van der Waals surface area contributed by atoms with Crippen LogP contribution in [0.3, 0.4) is 0 Å². The van der Waals surface area contributed by atoms with Gasteiger partial charge in [0, 0.05) is 73.6 Å². The van der Waals surface area contributed by atoms with Crippen molar-refractivity contribution < 1.29 is 14.7 Å². The van der Waals surface area contributed by atoms with Crippen LogP contribution in [0.15, 0.2) is 91.3 Å². The van der Waals surface area contributed by atoms with E-state index >= 15 is 0 Å². The number of aliphatic hydroxyl groups excluding tert-OH is 1. The Bertz CT molecular complexity index is 1370. The molecule has 3 aromatic carbocycles. The standard InChI is InChI=1S/C31H31N3O3/c1-33-16-14-25(20-33)31(37)19-23-4-10-27(11-5-23)32-26-8-2-22(3-9-26)18-30(36)24-6-12-28(13-7-24)34-17-15-29(35)21-34/h2-14,16,20,29,32,35H,15,17-19,21H2,1H3/t29-/m1/s1. The molecule has 0 unspecified atom stereocenters. The number of aliphatic hydroxyl groups is 1. The number of nitrogens with one attached hydrogen (secondary N) is 1. The Morgan fingerprint density at radius 1 is 0.811 bits per heavy atom. The Morgan fingerprint density at radius 2 is 1.38 bits per heavy atom. The number of hydrogen-bond acceptors (Lipinski definition) is 5. The summed E-state index contributed by atoms with van der Waals surface area (Å²) in [6.45, 7) is 1.48. The maximum Gasteiger partial charge on any atom is 0.168 e. The van der Waals surface area contributed by atoms with E-state index < -0.39 is 0 Å². The largest absolute Gasteiger partial charge is 0.391 e. The second-order valence-electron chi connectivity index (χ2n) is 9.72. The summed E-state index contributed by atoms with van der Waals surface area (Å²) in [7, 11) is 1.91. The van der Waals surface area contributed by atoms with Gasteiger partial charge >= 0.3 is 0 Å². The van der Waals surface area contributed by atoms with Crippen LogP contribution >= 0.6 is 0 Å². The minimum absolute atomic E-state index is 0.0781. The van der Waals surface area contributed by atoms with Crippen LogP contribution in [-0.2, 0) is 19.9 Å². The molecule has 5 rings (SSSR count). The molecule has 6 nitrogen and oxygen atoms in total. The molecule has 1 atom stereocenters. The van der Waals surface area contributed by atoms with Gasteiger partial charge in [0.25, 0.3) is 0 Å². The van der Waals surface area contributed by atoms with Crippen molar-refractivity contribution >= 4 is 28.6 Å². The highest BCUT2D eigenvalue weighted by atomic mass is 16.3. The fourth-order valence-electron chi connectivity index (χ4n) is 4.66. The van der Waals surface area contributed by atoms with Crippen molar-refractivity contribution in [3.05, 3.63) is 114 Å². The zero-order valence-corrected chi connectivity index (χ0v) is 20.9. The predicted octanol–water partition coefficient (Wildman–Crippen LogP) is 5.19. The number of ketones is 2. The number of anilines is 3. The SMILES string of the molecule is Cn1ccc(C(=O)Cc2ccc(Nc3ccc(CC(=O)c4ccc(N5CC[C@@H](O)C5)cc4)cc3)cc2)c1. The molecule has 1 aromatic heterocycles. The molecule has 0 bridgehead atoms. The van der Waals surface area contributed by atoms with Crippen molar-refractivity contribution in [3.63, 3.8) is 0 Å². The van der Waals surface area contributed by atoms with E-state index in [0.29, 0.717) is 24.9 Å². The summed E-state index contributed by atoms with van der Waals surface area (Å²) in [5.41, 5.74) is 6.25. The summed E-state index contributed by atoms with van der Waals surface area (Å²) in [5, 5.41) is 13.1. The van der Waals surface area contributed by atoms with E-state index in [-0.39, 0.29) is 17.7 Å². The maximum absolute atomic E-state index is 12.8. The summed E-state index contributed by atoms with van der Waals surface area (Å²) in [6.07, 6.45) is 4.94. The van der Waals surface area contributed by atoms with Crippen LogP contribution in [-0.4, -0.2) is 40.4 Å². The van der Waals surface area contributed by atoms with Gasteiger partial charge in [-0.3, -0.25) is 9.59 Å². The van der Waals surface area contributed by atoms with E-state index in [4.69, 9.17) is 0 Å². The molecule has 0 saturated carbocycles. The Hall–Kier alpha value is -4.16. The Morgan fingerprint density at radius 3 is 1.86 bits per heavy atom. The lowest BCUT2D eigenvalue weighted by atomic mass is 10.0. The van der Waals surface area contributed by atoms with Crippen LogP contribution in [0.2, 0.25) is 0 Å². The van der Waals surface area contributed by atoms with Gasteiger partial charge in [0.1, 0.15) is 0 Å². The Kier molecular flexibility index (Phi) is 7.19. The number of β-amino-alcohol motifs (C(OH)–C–C–N with tert-alkyl or cyclic N) is 1. The van der Waals surface area contributed by atoms with E-state index in [1.165, 1.54) is 0 Å². The third-order valence-electron chi connectivity index (χ3n) is 6.80. The molecule has 1 aliphatic heterocycles. The summed E-state index contributed by atoms with van der Waals surface area (Å²) in [6, 6.07) is 25.2. The van der Waals surface area contributed by atoms with Crippen molar-refractivity contribution in [1.29, 1.82) is 0 Å². The number of hydrogen-bond donors (Lipinski definition) is 2. The second-order valence-corrected chi connectivity index (χ2v) is 9.72. The first-order valence-corrected chi connectivity index (χ1v) is 12.6. The van der Waals surface area contributed by atoms with Crippen molar-refractivity contribution in [2.45, 2.75) is 25.4 Å². The number of Topliss-reactive ketones (excluding diaryl/α,β-unsaturated/α-hetero) is 2. The molecule has 0 amide bonds. The zero-order chi connectivity index (χ0) is 25.8. The molecule has 188 valence electrons. The van der Waals surface area contributed by atoms with E-state index in [2.05, 4.69) is 10.2 Å². The third-order valence-corrected chi connectivity index (χ3v) is 6.80. The summed E-state index contributed by atoms with van der Waals surface area (Å²) < 4.78 is 1.88. The van der Waals surface area contributed by atoms with Crippen LogP contribution in [0.1, 0.15) is 38.3 Å². The topological polar surface area (TPSA) is 74.6 Å². The number of nitrogens with zero attached hydrogens (tertiary/aromatic N) is 2. The quantitative estimate of drug-likeness (QED) is 0.314. The molecular weight excluding hydrogens is 462 g/mol. The average Bonchev–Trinajstić information content (AvgIpc) is 3.55. The van der Waals surface area contributed by atoms with Crippen LogP contribution in [0.5, 0.6) is 0 Å². The molecule has 4 aromatic rings. The number of aryl methyl sites for hydroxylation is 1. The van der Waals surface area contributed by atoms with E-state index in [9.17, 15) is 14.7 Å². The molecule has 0 aliphatic carbocycles. The average molecular weight is 494 g/mol. The minimum atomic E-state index is -0.270. The molecule has 6 heteroatoms. The third kappa shape index (κ3) is 6.16. The van der Waals surface area contributed by atoms with Gasteiger partial charge in [0.2, 0.25) is 0 Å².